The van der Waals surface area contributed by atoms with Crippen molar-refractivity contribution >= 4 is 5.96 Å². The monoisotopic (exact) mass is 221 g/mol. The number of fused-ring (bicyclic) bond motifs is 1. The normalized spacial score (nSPS) is 14.4. The molecule has 16 heavy (non-hydrogen) atoms. The van der Waals surface area contributed by atoms with E-state index in [4.69, 9.17) is 15.9 Å². The average Bonchev–Trinajstić information content (AvgIpc) is 2.27. The minimum atomic E-state index is 0.0703. The Morgan fingerprint density at radius 3 is 2.88 bits per heavy atom. The van der Waals surface area contributed by atoms with Crippen LogP contribution in [0.4, 0.5) is 0 Å². The van der Waals surface area contributed by atoms with E-state index in [1.807, 2.05) is 6.07 Å². The van der Waals surface area contributed by atoms with Crippen LogP contribution in [-0.2, 0) is 13.0 Å². The lowest BCUT2D eigenvalue weighted by atomic mass is 9.99. The zero-order valence-electron chi connectivity index (χ0n) is 9.16. The highest BCUT2D eigenvalue weighted by molar-refractivity contribution is 5.75. The van der Waals surface area contributed by atoms with E-state index in [-0.39, 0.29) is 11.7 Å². The number of aromatic hydroxyl groups is 1. The zero-order chi connectivity index (χ0) is 11.7. The number of hydrogen-bond donors (Lipinski definition) is 3. The lowest BCUT2D eigenvalue weighted by Gasteiger charge is -2.29. The minimum Gasteiger partial charge on any atom is -0.504 e. The summed E-state index contributed by atoms with van der Waals surface area (Å²) in [6, 6.07) is 3.53. The fourth-order valence-corrected chi connectivity index (χ4v) is 1.94. The van der Waals surface area contributed by atoms with E-state index >= 15 is 0 Å². The highest BCUT2D eigenvalue weighted by atomic mass is 16.5. The molecule has 0 atom stereocenters. The molecule has 5 heteroatoms. The highest BCUT2D eigenvalue weighted by Gasteiger charge is 2.19. The molecule has 1 aromatic carbocycles. The first-order chi connectivity index (χ1) is 7.61. The Labute approximate surface area is 93.9 Å². The van der Waals surface area contributed by atoms with Gasteiger partial charge in [0.2, 0.25) is 0 Å². The smallest absolute Gasteiger partial charge is 0.188 e. The molecule has 0 aromatic heterocycles. The van der Waals surface area contributed by atoms with Crippen molar-refractivity contribution in [2.75, 3.05) is 13.7 Å². The lowest BCUT2D eigenvalue weighted by molar-refractivity contribution is 0.361. The number of phenolic OH excluding ortho intramolecular Hbond substituents is 1. The molecule has 0 saturated heterocycles. The number of nitrogens with zero attached hydrogens (tertiary/aromatic N) is 1. The Kier molecular flexibility index (Phi) is 2.60. The van der Waals surface area contributed by atoms with Gasteiger partial charge in [-0.1, -0.05) is 0 Å². The van der Waals surface area contributed by atoms with E-state index < -0.39 is 0 Å². The van der Waals surface area contributed by atoms with E-state index in [0.29, 0.717) is 12.3 Å². The molecule has 0 spiro atoms. The fourth-order valence-electron chi connectivity index (χ4n) is 1.94. The Hall–Kier alpha value is -1.91. The second kappa shape index (κ2) is 3.92. The fraction of sp³-hybridized carbons (Fsp3) is 0.364. The molecule has 0 bridgehead atoms. The van der Waals surface area contributed by atoms with Crippen molar-refractivity contribution in [1.29, 1.82) is 5.41 Å². The van der Waals surface area contributed by atoms with Crippen LogP contribution in [0.3, 0.4) is 0 Å². The summed E-state index contributed by atoms with van der Waals surface area (Å²) in [5, 5.41) is 17.0. The molecular weight excluding hydrogens is 206 g/mol. The largest absolute Gasteiger partial charge is 0.504 e. The van der Waals surface area contributed by atoms with Crippen molar-refractivity contribution in [3.8, 4) is 11.5 Å². The van der Waals surface area contributed by atoms with Gasteiger partial charge in [-0.3, -0.25) is 5.41 Å². The van der Waals surface area contributed by atoms with Gasteiger partial charge >= 0.3 is 0 Å². The average molecular weight is 221 g/mol. The Morgan fingerprint density at radius 2 is 2.25 bits per heavy atom. The van der Waals surface area contributed by atoms with Crippen molar-refractivity contribution in [2.24, 2.45) is 5.73 Å². The molecule has 0 unspecified atom stereocenters. The maximum absolute atomic E-state index is 9.66. The standard InChI is InChI=1S/C11H15N3O2/c1-16-10-5-7-2-3-14(11(12)13)6-8(7)4-9(10)15/h4-5,15H,2-3,6H2,1H3,(H3,12,13). The molecule has 5 nitrogen and oxygen atoms in total. The summed E-state index contributed by atoms with van der Waals surface area (Å²) in [6.45, 7) is 1.30. The summed E-state index contributed by atoms with van der Waals surface area (Å²) in [7, 11) is 1.53. The Balaban J connectivity index is 2.33. The maximum Gasteiger partial charge on any atom is 0.188 e. The van der Waals surface area contributed by atoms with Gasteiger partial charge in [-0.15, -0.1) is 0 Å². The van der Waals surface area contributed by atoms with Crippen LogP contribution >= 0.6 is 0 Å². The predicted octanol–water partition coefficient (Wildman–Crippen LogP) is 0.652. The lowest BCUT2D eigenvalue weighted by Crippen LogP contribution is -2.40. The number of nitrogens with one attached hydrogen (secondary N) is 1. The highest BCUT2D eigenvalue weighted by Crippen LogP contribution is 2.32. The van der Waals surface area contributed by atoms with Crippen LogP contribution in [0.2, 0.25) is 0 Å². The van der Waals surface area contributed by atoms with Crippen LogP contribution < -0.4 is 10.5 Å². The number of methoxy groups -OCH3 is 1. The van der Waals surface area contributed by atoms with E-state index in [0.717, 1.165) is 24.1 Å². The zero-order valence-corrected chi connectivity index (χ0v) is 9.16. The summed E-state index contributed by atoms with van der Waals surface area (Å²) in [4.78, 5) is 1.77. The van der Waals surface area contributed by atoms with Crippen molar-refractivity contribution in [3.05, 3.63) is 23.3 Å². The molecule has 1 heterocycles. The van der Waals surface area contributed by atoms with Crippen molar-refractivity contribution in [1.82, 2.24) is 4.90 Å². The summed E-state index contributed by atoms with van der Waals surface area (Å²) in [6.07, 6.45) is 0.811. The van der Waals surface area contributed by atoms with Gasteiger partial charge in [0.05, 0.1) is 7.11 Å². The van der Waals surface area contributed by atoms with E-state index in [2.05, 4.69) is 0 Å². The van der Waals surface area contributed by atoms with Crippen LogP contribution in [0.5, 0.6) is 11.5 Å². The van der Waals surface area contributed by atoms with Crippen molar-refractivity contribution in [3.63, 3.8) is 0 Å². The second-order valence-electron chi connectivity index (χ2n) is 3.85. The SMILES string of the molecule is COc1cc2c(cc1O)CN(C(=N)N)CC2. The number of benzene rings is 1. The molecule has 86 valence electrons. The summed E-state index contributed by atoms with van der Waals surface area (Å²) in [5.74, 6) is 0.697. The number of guanidine groups is 1. The quantitative estimate of drug-likeness (QED) is 0.480. The van der Waals surface area contributed by atoms with Gasteiger partial charge in [0.15, 0.2) is 17.5 Å². The maximum atomic E-state index is 9.66. The number of nitrogens with two attached hydrogens (primary N) is 1. The Morgan fingerprint density at radius 1 is 1.50 bits per heavy atom. The van der Waals surface area contributed by atoms with E-state index in [1.165, 1.54) is 7.11 Å². The third kappa shape index (κ3) is 1.76. The van der Waals surface area contributed by atoms with Gasteiger partial charge in [-0.25, -0.2) is 0 Å². The van der Waals surface area contributed by atoms with Gasteiger partial charge in [0.1, 0.15) is 0 Å². The second-order valence-corrected chi connectivity index (χ2v) is 3.85. The summed E-state index contributed by atoms with van der Waals surface area (Å²) in [5.41, 5.74) is 7.59. The van der Waals surface area contributed by atoms with Gasteiger partial charge in [0, 0.05) is 13.1 Å². The number of rotatable bonds is 1. The third-order valence-corrected chi connectivity index (χ3v) is 2.85. The van der Waals surface area contributed by atoms with Crippen LogP contribution in [0, 0.1) is 5.41 Å². The molecule has 4 N–H and O–H groups in total. The van der Waals surface area contributed by atoms with Crippen LogP contribution in [0.15, 0.2) is 12.1 Å². The number of hydrogen-bond acceptors (Lipinski definition) is 3. The Bertz CT molecular complexity index is 431. The molecule has 0 aliphatic carbocycles. The molecule has 2 rings (SSSR count). The van der Waals surface area contributed by atoms with Crippen molar-refractivity contribution < 1.29 is 9.84 Å². The van der Waals surface area contributed by atoms with Gasteiger partial charge in [-0.2, -0.15) is 0 Å². The first kappa shape index (κ1) is 10.6. The molecule has 1 aliphatic rings. The molecule has 0 fully saturated rings. The molecule has 0 amide bonds. The summed E-state index contributed by atoms with van der Waals surface area (Å²) >= 11 is 0. The number of phenols is 1. The summed E-state index contributed by atoms with van der Waals surface area (Å²) < 4.78 is 5.05. The predicted molar refractivity (Wildman–Crippen MR) is 60.7 cm³/mol. The van der Waals surface area contributed by atoms with Crippen LogP contribution in [0.25, 0.3) is 0 Å². The molecule has 0 radical (unpaired) electrons. The molecule has 1 aromatic rings. The first-order valence-corrected chi connectivity index (χ1v) is 5.09. The molecular formula is C11H15N3O2. The molecule has 0 saturated carbocycles. The van der Waals surface area contributed by atoms with Crippen LogP contribution in [-0.4, -0.2) is 29.6 Å². The molecule has 1 aliphatic heterocycles. The van der Waals surface area contributed by atoms with Crippen molar-refractivity contribution in [2.45, 2.75) is 13.0 Å². The minimum absolute atomic E-state index is 0.0703. The number of ether oxygens (including phenoxy) is 1. The van der Waals surface area contributed by atoms with E-state index in [9.17, 15) is 5.11 Å². The topological polar surface area (TPSA) is 82.6 Å². The van der Waals surface area contributed by atoms with Crippen LogP contribution in [0.1, 0.15) is 11.1 Å². The van der Waals surface area contributed by atoms with Gasteiger partial charge < -0.3 is 20.5 Å². The first-order valence-electron chi connectivity index (χ1n) is 5.09. The van der Waals surface area contributed by atoms with Gasteiger partial charge in [0.25, 0.3) is 0 Å². The van der Waals surface area contributed by atoms with Gasteiger partial charge in [-0.05, 0) is 29.7 Å². The third-order valence-electron chi connectivity index (χ3n) is 2.85. The van der Waals surface area contributed by atoms with E-state index in [1.54, 1.807) is 11.0 Å².